The van der Waals surface area contributed by atoms with Crippen LogP contribution in [0, 0.1) is 12.1 Å². The summed E-state index contributed by atoms with van der Waals surface area (Å²) in [6, 6.07) is 0. The van der Waals surface area contributed by atoms with Gasteiger partial charge in [0.25, 0.3) is 0 Å². The zero-order valence-corrected chi connectivity index (χ0v) is 15.7. The van der Waals surface area contributed by atoms with Crippen molar-refractivity contribution >= 4 is 12.4 Å². The Balaban J connectivity index is 1.93. The molecule has 0 N–H and O–H groups in total. The molecule has 23 heavy (non-hydrogen) atoms. The van der Waals surface area contributed by atoms with Gasteiger partial charge in [0.05, 0.1) is 6.42 Å². The van der Waals surface area contributed by atoms with Crippen LogP contribution in [0.2, 0.25) is 0 Å². The maximum atomic E-state index is 4.29. The fourth-order valence-corrected chi connectivity index (χ4v) is 3.50. The van der Waals surface area contributed by atoms with Crippen LogP contribution in [0.4, 0.5) is 0 Å². The first-order valence-electron chi connectivity index (χ1n) is 10.3. The second kappa shape index (κ2) is 14.8. The molecule has 1 heterocycles. The maximum absolute atomic E-state index is 4.29. The normalized spacial score (nSPS) is 14.8. The molecule has 0 fully saturated rings. The number of rotatable bonds is 16. The molecule has 0 saturated heterocycles. The SMILES string of the molecule is CCCCCCCCCCCCC(CCC)CC[C+]1N=CC=N1. The number of hydrogen-bond acceptors (Lipinski definition) is 2. The van der Waals surface area contributed by atoms with Gasteiger partial charge >= 0.3 is 0 Å². The van der Waals surface area contributed by atoms with Gasteiger partial charge in [0.15, 0.2) is 12.4 Å². The quantitative estimate of drug-likeness (QED) is 0.213. The highest BCUT2D eigenvalue weighted by Gasteiger charge is 2.18. The Labute approximate surface area is 145 Å². The van der Waals surface area contributed by atoms with Crippen LogP contribution < -0.4 is 0 Å². The Morgan fingerprint density at radius 1 is 0.652 bits per heavy atom. The summed E-state index contributed by atoms with van der Waals surface area (Å²) in [6.45, 7) is 4.60. The minimum absolute atomic E-state index is 0.882. The molecule has 0 spiro atoms. The van der Waals surface area contributed by atoms with Crippen LogP contribution in [0.1, 0.15) is 110 Å². The molecule has 0 amide bonds. The zero-order valence-electron chi connectivity index (χ0n) is 15.7. The van der Waals surface area contributed by atoms with Crippen molar-refractivity contribution in [3.63, 3.8) is 0 Å². The Hall–Kier alpha value is -0.790. The molecule has 1 aliphatic rings. The second-order valence-electron chi connectivity index (χ2n) is 7.14. The molecular formula is C21H39N2+. The molecular weight excluding hydrogens is 280 g/mol. The molecule has 0 aromatic rings. The van der Waals surface area contributed by atoms with Crippen molar-refractivity contribution in [1.82, 2.24) is 0 Å². The van der Waals surface area contributed by atoms with Gasteiger partial charge in [-0.3, -0.25) is 0 Å². The lowest BCUT2D eigenvalue weighted by molar-refractivity contribution is 0.386. The smallest absolute Gasteiger partial charge is 0.0968 e. The first-order chi connectivity index (χ1) is 11.4. The van der Waals surface area contributed by atoms with Crippen LogP contribution in [-0.4, -0.2) is 12.4 Å². The second-order valence-corrected chi connectivity index (χ2v) is 7.14. The third kappa shape index (κ3) is 11.4. The highest BCUT2D eigenvalue weighted by Crippen LogP contribution is 2.25. The summed E-state index contributed by atoms with van der Waals surface area (Å²) in [5.74, 6) is 0.882. The molecule has 1 rings (SSSR count). The lowest BCUT2D eigenvalue weighted by Gasteiger charge is -2.15. The van der Waals surface area contributed by atoms with E-state index < -0.39 is 0 Å². The van der Waals surface area contributed by atoms with E-state index in [1.807, 2.05) is 12.4 Å². The van der Waals surface area contributed by atoms with Crippen LogP contribution in [0.25, 0.3) is 0 Å². The van der Waals surface area contributed by atoms with Gasteiger partial charge < -0.3 is 0 Å². The van der Waals surface area contributed by atoms with Gasteiger partial charge in [-0.15, -0.1) is 0 Å². The molecule has 0 aromatic heterocycles. The monoisotopic (exact) mass is 319 g/mol. The fraction of sp³-hybridized carbons (Fsp3) is 0.857. The Bertz CT molecular complexity index is 297. The van der Waals surface area contributed by atoms with E-state index in [4.69, 9.17) is 0 Å². The van der Waals surface area contributed by atoms with E-state index in [0.717, 1.165) is 18.5 Å². The molecule has 0 saturated carbocycles. The summed E-state index contributed by atoms with van der Waals surface area (Å²) in [5, 5.41) is 0. The van der Waals surface area contributed by atoms with E-state index in [0.29, 0.717) is 0 Å². The summed E-state index contributed by atoms with van der Waals surface area (Å²) >= 11 is 0. The van der Waals surface area contributed by atoms with E-state index in [2.05, 4.69) is 23.8 Å². The van der Waals surface area contributed by atoms with E-state index in [9.17, 15) is 0 Å². The Morgan fingerprint density at radius 3 is 1.78 bits per heavy atom. The number of hydrogen-bond donors (Lipinski definition) is 0. The lowest BCUT2D eigenvalue weighted by Crippen LogP contribution is -2.02. The molecule has 0 aromatic carbocycles. The average Bonchev–Trinajstić information content (AvgIpc) is 3.07. The van der Waals surface area contributed by atoms with Gasteiger partial charge in [0.2, 0.25) is 6.17 Å². The van der Waals surface area contributed by atoms with Gasteiger partial charge in [-0.1, -0.05) is 107 Å². The number of aliphatic imine (C=N–C) groups is 2. The largest absolute Gasteiger partial charge is 0.240 e. The summed E-state index contributed by atoms with van der Waals surface area (Å²) < 4.78 is 0. The van der Waals surface area contributed by atoms with Crippen molar-refractivity contribution in [2.24, 2.45) is 15.9 Å². The summed E-state index contributed by atoms with van der Waals surface area (Å²) in [6.07, 6.45) is 25.4. The highest BCUT2D eigenvalue weighted by atomic mass is 15.0. The summed E-state index contributed by atoms with van der Waals surface area (Å²) in [7, 11) is 0. The number of nitrogens with zero attached hydrogens (tertiary/aromatic N) is 2. The van der Waals surface area contributed by atoms with Crippen LogP contribution in [0.15, 0.2) is 9.98 Å². The third-order valence-corrected chi connectivity index (χ3v) is 4.95. The molecule has 0 bridgehead atoms. The van der Waals surface area contributed by atoms with Crippen molar-refractivity contribution in [3.8, 4) is 0 Å². The molecule has 132 valence electrons. The highest BCUT2D eigenvalue weighted by molar-refractivity contribution is 6.18. The van der Waals surface area contributed by atoms with Crippen LogP contribution in [0.3, 0.4) is 0 Å². The van der Waals surface area contributed by atoms with Crippen molar-refractivity contribution in [2.75, 3.05) is 0 Å². The number of unbranched alkanes of at least 4 members (excludes halogenated alkanes) is 9. The molecule has 0 aliphatic carbocycles. The van der Waals surface area contributed by atoms with E-state index in [-0.39, 0.29) is 0 Å². The minimum Gasteiger partial charge on any atom is -0.0968 e. The molecule has 2 heteroatoms. The summed E-state index contributed by atoms with van der Waals surface area (Å²) in [4.78, 5) is 8.59. The van der Waals surface area contributed by atoms with E-state index in [1.54, 1.807) is 0 Å². The van der Waals surface area contributed by atoms with Gasteiger partial charge in [0.1, 0.15) is 0 Å². The zero-order chi connectivity index (χ0) is 16.6. The topological polar surface area (TPSA) is 24.7 Å². The first kappa shape index (κ1) is 20.3. The van der Waals surface area contributed by atoms with Crippen molar-refractivity contribution in [2.45, 2.75) is 110 Å². The minimum atomic E-state index is 0.882. The fourth-order valence-electron chi connectivity index (χ4n) is 3.50. The average molecular weight is 320 g/mol. The van der Waals surface area contributed by atoms with Gasteiger partial charge in [-0.05, 0) is 12.3 Å². The molecule has 1 unspecified atom stereocenters. The predicted molar refractivity (Wildman–Crippen MR) is 104 cm³/mol. The van der Waals surface area contributed by atoms with Crippen LogP contribution >= 0.6 is 0 Å². The molecule has 2 nitrogen and oxygen atoms in total. The van der Waals surface area contributed by atoms with E-state index >= 15 is 0 Å². The van der Waals surface area contributed by atoms with Crippen molar-refractivity contribution in [3.05, 3.63) is 6.17 Å². The van der Waals surface area contributed by atoms with Crippen LogP contribution in [-0.2, 0) is 0 Å². The third-order valence-electron chi connectivity index (χ3n) is 4.95. The van der Waals surface area contributed by atoms with Crippen molar-refractivity contribution < 1.29 is 0 Å². The maximum Gasteiger partial charge on any atom is 0.240 e. The summed E-state index contributed by atoms with van der Waals surface area (Å²) in [5.41, 5.74) is 0. The standard InChI is InChI=1S/C21H39N2/c1-3-5-6-7-8-9-10-11-12-13-15-20(14-4-2)16-17-21-22-18-19-23-21/h18-20H,3-17H2,1-2H3/q+1. The molecule has 1 aliphatic heterocycles. The van der Waals surface area contributed by atoms with Gasteiger partial charge in [-0.2, -0.15) is 0 Å². The van der Waals surface area contributed by atoms with Crippen LogP contribution in [0.5, 0.6) is 0 Å². The predicted octanol–water partition coefficient (Wildman–Crippen LogP) is 7.14. The Kier molecular flexibility index (Phi) is 13.0. The Morgan fingerprint density at radius 2 is 1.22 bits per heavy atom. The van der Waals surface area contributed by atoms with Gasteiger partial charge in [-0.25, -0.2) is 0 Å². The first-order valence-corrected chi connectivity index (χ1v) is 10.3. The van der Waals surface area contributed by atoms with Crippen molar-refractivity contribution in [1.29, 1.82) is 0 Å². The molecule has 0 radical (unpaired) electrons. The van der Waals surface area contributed by atoms with Gasteiger partial charge in [0, 0.05) is 0 Å². The lowest BCUT2D eigenvalue weighted by atomic mass is 9.91. The van der Waals surface area contributed by atoms with E-state index in [1.165, 1.54) is 89.9 Å². The molecule has 1 atom stereocenters.